The molecular formula is C6H9N3OS. The maximum absolute atomic E-state index is 9.83. The minimum Gasteiger partial charge on any atom is -0.359 e. The maximum atomic E-state index is 9.83. The molecule has 1 rings (SSSR count). The van der Waals surface area contributed by atoms with Crippen LogP contribution in [0.25, 0.3) is 0 Å². The molecule has 1 N–H and O–H groups in total. The van der Waals surface area contributed by atoms with Crippen LogP contribution >= 0.6 is 11.3 Å². The zero-order valence-electron chi connectivity index (χ0n) is 5.99. The molecule has 0 atom stereocenters. The molecule has 1 aromatic rings. The van der Waals surface area contributed by atoms with Gasteiger partial charge in [-0.3, -0.25) is 4.79 Å². The Balaban J connectivity index is 2.09. The lowest BCUT2D eigenvalue weighted by Gasteiger charge is -1.94. The number of rotatable bonds is 5. The molecule has 0 saturated heterocycles. The summed E-state index contributed by atoms with van der Waals surface area (Å²) >= 11 is 1.54. The SMILES string of the molecule is O=CNCCCc1nncs1. The second-order valence-electron chi connectivity index (χ2n) is 2.01. The average molecular weight is 171 g/mol. The normalized spacial score (nSPS) is 9.45. The first-order chi connectivity index (χ1) is 5.43. The van der Waals surface area contributed by atoms with Crippen LogP contribution in [-0.4, -0.2) is 23.2 Å². The fourth-order valence-corrected chi connectivity index (χ4v) is 1.28. The van der Waals surface area contributed by atoms with Crippen molar-refractivity contribution in [3.63, 3.8) is 0 Å². The molecule has 0 bridgehead atoms. The number of aryl methyl sites for hydroxylation is 1. The van der Waals surface area contributed by atoms with E-state index in [0.29, 0.717) is 13.0 Å². The number of aromatic nitrogens is 2. The van der Waals surface area contributed by atoms with Gasteiger partial charge in [0, 0.05) is 13.0 Å². The summed E-state index contributed by atoms with van der Waals surface area (Å²) in [6, 6.07) is 0. The molecule has 11 heavy (non-hydrogen) atoms. The van der Waals surface area contributed by atoms with Crippen LogP contribution in [0.1, 0.15) is 11.4 Å². The molecule has 0 unspecified atom stereocenters. The molecule has 0 saturated carbocycles. The Morgan fingerprint density at radius 3 is 3.27 bits per heavy atom. The maximum Gasteiger partial charge on any atom is 0.207 e. The molecule has 0 aromatic carbocycles. The summed E-state index contributed by atoms with van der Waals surface area (Å²) in [5.74, 6) is 0. The first-order valence-electron chi connectivity index (χ1n) is 3.35. The second kappa shape index (κ2) is 4.79. The summed E-state index contributed by atoms with van der Waals surface area (Å²) in [5.41, 5.74) is 1.71. The molecular weight excluding hydrogens is 162 g/mol. The van der Waals surface area contributed by atoms with Gasteiger partial charge < -0.3 is 5.32 Å². The van der Waals surface area contributed by atoms with E-state index in [4.69, 9.17) is 0 Å². The molecule has 5 heteroatoms. The number of nitrogens with zero attached hydrogens (tertiary/aromatic N) is 2. The molecule has 1 heterocycles. The first-order valence-corrected chi connectivity index (χ1v) is 4.23. The summed E-state index contributed by atoms with van der Waals surface area (Å²) in [5, 5.41) is 11.2. The van der Waals surface area contributed by atoms with E-state index in [2.05, 4.69) is 15.5 Å². The van der Waals surface area contributed by atoms with Crippen LogP contribution in [0.15, 0.2) is 5.51 Å². The quantitative estimate of drug-likeness (QED) is 0.509. The van der Waals surface area contributed by atoms with E-state index in [0.717, 1.165) is 17.8 Å². The minimum atomic E-state index is 0.708. The predicted octanol–water partition coefficient (Wildman–Crippen LogP) is 0.217. The van der Waals surface area contributed by atoms with Gasteiger partial charge in [0.15, 0.2) is 0 Å². The van der Waals surface area contributed by atoms with Gasteiger partial charge in [-0.15, -0.1) is 21.5 Å². The van der Waals surface area contributed by atoms with E-state index >= 15 is 0 Å². The highest BCUT2D eigenvalue weighted by Gasteiger charge is 1.94. The van der Waals surface area contributed by atoms with Crippen molar-refractivity contribution in [2.45, 2.75) is 12.8 Å². The summed E-state index contributed by atoms with van der Waals surface area (Å²) in [6.45, 7) is 0.711. The third kappa shape index (κ3) is 3.08. The van der Waals surface area contributed by atoms with E-state index in [1.54, 1.807) is 16.8 Å². The Kier molecular flexibility index (Phi) is 3.54. The van der Waals surface area contributed by atoms with Crippen LogP contribution in [0, 0.1) is 0 Å². The van der Waals surface area contributed by atoms with Gasteiger partial charge in [0.25, 0.3) is 0 Å². The van der Waals surface area contributed by atoms with E-state index in [9.17, 15) is 4.79 Å². The van der Waals surface area contributed by atoms with Crippen LogP contribution in [0.4, 0.5) is 0 Å². The van der Waals surface area contributed by atoms with Crippen LogP contribution in [0.5, 0.6) is 0 Å². The molecule has 0 radical (unpaired) electrons. The van der Waals surface area contributed by atoms with Crippen molar-refractivity contribution in [1.82, 2.24) is 15.5 Å². The molecule has 0 spiro atoms. The topological polar surface area (TPSA) is 54.9 Å². The van der Waals surface area contributed by atoms with Gasteiger partial charge in [-0.2, -0.15) is 0 Å². The molecule has 0 fully saturated rings. The molecule has 0 aliphatic carbocycles. The average Bonchev–Trinajstić information content (AvgIpc) is 2.50. The third-order valence-corrected chi connectivity index (χ3v) is 1.96. The summed E-state index contributed by atoms with van der Waals surface area (Å²) < 4.78 is 0. The van der Waals surface area contributed by atoms with Crippen molar-refractivity contribution in [3.8, 4) is 0 Å². The molecule has 1 amide bonds. The van der Waals surface area contributed by atoms with Gasteiger partial charge in [-0.25, -0.2) is 0 Å². The highest BCUT2D eigenvalue weighted by molar-refractivity contribution is 7.09. The van der Waals surface area contributed by atoms with Crippen LogP contribution in [-0.2, 0) is 11.2 Å². The number of hydrogen-bond donors (Lipinski definition) is 1. The van der Waals surface area contributed by atoms with Crippen LogP contribution in [0.3, 0.4) is 0 Å². The zero-order valence-corrected chi connectivity index (χ0v) is 6.80. The van der Waals surface area contributed by atoms with Crippen molar-refractivity contribution in [1.29, 1.82) is 0 Å². The lowest BCUT2D eigenvalue weighted by atomic mass is 10.3. The van der Waals surface area contributed by atoms with Crippen LogP contribution < -0.4 is 5.32 Å². The van der Waals surface area contributed by atoms with Gasteiger partial charge in [-0.05, 0) is 6.42 Å². The van der Waals surface area contributed by atoms with Gasteiger partial charge in [0.05, 0.1) is 0 Å². The summed E-state index contributed by atoms with van der Waals surface area (Å²) in [6.07, 6.45) is 2.53. The highest BCUT2D eigenvalue weighted by Crippen LogP contribution is 2.03. The van der Waals surface area contributed by atoms with Gasteiger partial charge in [0.2, 0.25) is 6.41 Å². The standard InChI is InChI=1S/C6H9N3OS/c10-4-7-3-1-2-6-9-8-5-11-6/h4-5H,1-3H2,(H,7,10). The number of hydrogen-bond acceptors (Lipinski definition) is 4. The Hall–Kier alpha value is -0.970. The van der Waals surface area contributed by atoms with Crippen molar-refractivity contribution in [2.75, 3.05) is 6.54 Å². The number of nitrogens with one attached hydrogen (secondary N) is 1. The van der Waals surface area contributed by atoms with Gasteiger partial charge in [-0.1, -0.05) is 0 Å². The highest BCUT2D eigenvalue weighted by atomic mass is 32.1. The van der Waals surface area contributed by atoms with E-state index < -0.39 is 0 Å². The number of carbonyl (C=O) groups excluding carboxylic acids is 1. The van der Waals surface area contributed by atoms with E-state index in [1.807, 2.05) is 0 Å². The first kappa shape index (κ1) is 8.13. The molecule has 4 nitrogen and oxygen atoms in total. The fraction of sp³-hybridized carbons (Fsp3) is 0.500. The molecule has 0 aliphatic rings. The minimum absolute atomic E-state index is 0.708. The molecule has 1 aromatic heterocycles. The second-order valence-corrected chi connectivity index (χ2v) is 2.93. The zero-order chi connectivity index (χ0) is 7.94. The van der Waals surface area contributed by atoms with Crippen LogP contribution in [0.2, 0.25) is 0 Å². The van der Waals surface area contributed by atoms with Crippen molar-refractivity contribution < 1.29 is 4.79 Å². The van der Waals surface area contributed by atoms with Crippen molar-refractivity contribution in [2.24, 2.45) is 0 Å². The Morgan fingerprint density at radius 2 is 2.64 bits per heavy atom. The van der Waals surface area contributed by atoms with E-state index in [1.165, 1.54) is 0 Å². The Bertz CT molecular complexity index is 200. The van der Waals surface area contributed by atoms with Crippen molar-refractivity contribution >= 4 is 17.7 Å². The molecule has 0 aliphatic heterocycles. The number of carbonyl (C=O) groups is 1. The largest absolute Gasteiger partial charge is 0.359 e. The fourth-order valence-electron chi connectivity index (χ4n) is 0.705. The summed E-state index contributed by atoms with van der Waals surface area (Å²) in [4.78, 5) is 9.83. The van der Waals surface area contributed by atoms with Gasteiger partial charge in [0.1, 0.15) is 10.5 Å². The van der Waals surface area contributed by atoms with Crippen molar-refractivity contribution in [3.05, 3.63) is 10.5 Å². The summed E-state index contributed by atoms with van der Waals surface area (Å²) in [7, 11) is 0. The Labute approximate surface area is 68.7 Å². The lowest BCUT2D eigenvalue weighted by molar-refractivity contribution is -0.109. The number of amides is 1. The predicted molar refractivity (Wildman–Crippen MR) is 42.3 cm³/mol. The van der Waals surface area contributed by atoms with E-state index in [-0.39, 0.29) is 0 Å². The lowest BCUT2D eigenvalue weighted by Crippen LogP contribution is -2.12. The smallest absolute Gasteiger partial charge is 0.207 e. The van der Waals surface area contributed by atoms with Gasteiger partial charge >= 0.3 is 0 Å². The monoisotopic (exact) mass is 171 g/mol. The Morgan fingerprint density at radius 1 is 1.73 bits per heavy atom. The third-order valence-electron chi connectivity index (χ3n) is 1.20. The molecule has 60 valence electrons.